The second-order valence-corrected chi connectivity index (χ2v) is 4.89. The van der Waals surface area contributed by atoms with Crippen LogP contribution in [-0.4, -0.2) is 17.5 Å². The molecule has 0 N–H and O–H groups in total. The van der Waals surface area contributed by atoms with Gasteiger partial charge in [-0.3, -0.25) is 14.4 Å². The van der Waals surface area contributed by atoms with Crippen molar-refractivity contribution in [2.75, 3.05) is 0 Å². The number of ketones is 2. The van der Waals surface area contributed by atoms with Crippen LogP contribution in [0.25, 0.3) is 0 Å². The number of esters is 1. The molecule has 0 radical (unpaired) electrons. The molecular formula is C18H16O4. The second kappa shape index (κ2) is 6.35. The van der Waals surface area contributed by atoms with Crippen molar-refractivity contribution in [2.24, 2.45) is 0 Å². The molecule has 0 amide bonds. The molecule has 0 saturated carbocycles. The van der Waals surface area contributed by atoms with Gasteiger partial charge < -0.3 is 4.74 Å². The third-order valence-electron chi connectivity index (χ3n) is 3.33. The van der Waals surface area contributed by atoms with Crippen LogP contribution < -0.4 is 0 Å². The van der Waals surface area contributed by atoms with Crippen LogP contribution in [0.3, 0.4) is 0 Å². The van der Waals surface area contributed by atoms with Gasteiger partial charge in [0, 0.05) is 18.1 Å². The third-order valence-corrected chi connectivity index (χ3v) is 3.33. The zero-order valence-corrected chi connectivity index (χ0v) is 12.4. The lowest BCUT2D eigenvalue weighted by Gasteiger charge is -2.29. The summed E-state index contributed by atoms with van der Waals surface area (Å²) in [5, 5.41) is 0. The third kappa shape index (κ3) is 2.81. The molecule has 0 fully saturated rings. The van der Waals surface area contributed by atoms with Crippen LogP contribution in [0.5, 0.6) is 0 Å². The maximum atomic E-state index is 12.9. The SMILES string of the molecule is CC(=O)OC(C(C)=O)(C(=O)c1ccccc1)c1ccccc1. The molecule has 1 atom stereocenters. The summed E-state index contributed by atoms with van der Waals surface area (Å²) in [7, 11) is 0. The van der Waals surface area contributed by atoms with Crippen LogP contribution in [0.15, 0.2) is 60.7 Å². The fraction of sp³-hybridized carbons (Fsp3) is 0.167. The summed E-state index contributed by atoms with van der Waals surface area (Å²) in [6, 6.07) is 16.7. The maximum Gasteiger partial charge on any atom is 0.304 e. The van der Waals surface area contributed by atoms with E-state index in [2.05, 4.69) is 0 Å². The van der Waals surface area contributed by atoms with Gasteiger partial charge in [0.25, 0.3) is 5.60 Å². The Morgan fingerprint density at radius 2 is 1.32 bits per heavy atom. The Balaban J connectivity index is 2.66. The van der Waals surface area contributed by atoms with Crippen molar-refractivity contribution in [3.8, 4) is 0 Å². The van der Waals surface area contributed by atoms with E-state index in [0.29, 0.717) is 11.1 Å². The van der Waals surface area contributed by atoms with Gasteiger partial charge in [0.05, 0.1) is 0 Å². The van der Waals surface area contributed by atoms with Crippen molar-refractivity contribution in [3.05, 3.63) is 71.8 Å². The minimum absolute atomic E-state index is 0.308. The molecule has 1 unspecified atom stereocenters. The summed E-state index contributed by atoms with van der Waals surface area (Å²) >= 11 is 0. The molecule has 112 valence electrons. The van der Waals surface area contributed by atoms with E-state index in [1.165, 1.54) is 13.8 Å². The Morgan fingerprint density at radius 3 is 1.77 bits per heavy atom. The highest BCUT2D eigenvalue weighted by Crippen LogP contribution is 2.31. The van der Waals surface area contributed by atoms with Crippen molar-refractivity contribution < 1.29 is 19.1 Å². The van der Waals surface area contributed by atoms with Crippen LogP contribution in [-0.2, 0) is 19.9 Å². The summed E-state index contributed by atoms with van der Waals surface area (Å²) in [5.74, 6) is -1.78. The van der Waals surface area contributed by atoms with Crippen LogP contribution in [0.4, 0.5) is 0 Å². The summed E-state index contributed by atoms with van der Waals surface area (Å²) < 4.78 is 5.26. The molecule has 0 bridgehead atoms. The highest BCUT2D eigenvalue weighted by Gasteiger charge is 2.48. The van der Waals surface area contributed by atoms with E-state index in [4.69, 9.17) is 4.74 Å². The van der Waals surface area contributed by atoms with E-state index in [9.17, 15) is 14.4 Å². The molecule has 0 saturated heterocycles. The summed E-state index contributed by atoms with van der Waals surface area (Å²) in [6.07, 6.45) is 0. The van der Waals surface area contributed by atoms with Crippen molar-refractivity contribution in [3.63, 3.8) is 0 Å². The number of ether oxygens (including phenoxy) is 1. The largest absolute Gasteiger partial charge is 0.438 e. The highest BCUT2D eigenvalue weighted by atomic mass is 16.6. The summed E-state index contributed by atoms with van der Waals surface area (Å²) in [6.45, 7) is 2.43. The predicted octanol–water partition coefficient (Wildman–Crippen LogP) is 2.92. The van der Waals surface area contributed by atoms with Gasteiger partial charge in [-0.05, 0) is 6.92 Å². The van der Waals surface area contributed by atoms with Crippen LogP contribution in [0, 0.1) is 0 Å². The van der Waals surface area contributed by atoms with E-state index in [1.54, 1.807) is 60.7 Å². The first-order valence-corrected chi connectivity index (χ1v) is 6.84. The number of hydrogen-bond donors (Lipinski definition) is 0. The van der Waals surface area contributed by atoms with Crippen molar-refractivity contribution in [2.45, 2.75) is 19.4 Å². The molecule has 0 spiro atoms. The molecule has 2 aromatic rings. The van der Waals surface area contributed by atoms with Crippen molar-refractivity contribution in [1.29, 1.82) is 0 Å². The molecule has 0 aromatic heterocycles. The number of benzene rings is 2. The zero-order chi connectivity index (χ0) is 16.2. The normalized spacial score (nSPS) is 13.0. The average Bonchev–Trinajstić information content (AvgIpc) is 2.53. The quantitative estimate of drug-likeness (QED) is 0.483. The molecule has 4 heteroatoms. The Kier molecular flexibility index (Phi) is 4.51. The Bertz CT molecular complexity index is 692. The van der Waals surface area contributed by atoms with E-state index in [-0.39, 0.29) is 0 Å². The van der Waals surface area contributed by atoms with Gasteiger partial charge in [-0.2, -0.15) is 0 Å². The average molecular weight is 296 g/mol. The Morgan fingerprint density at radius 1 is 0.818 bits per heavy atom. The number of Topliss-reactive ketones (excluding diaryl/α,β-unsaturated/α-hetero) is 2. The number of carbonyl (C=O) groups excluding carboxylic acids is 3. The van der Waals surface area contributed by atoms with Gasteiger partial charge >= 0.3 is 5.97 Å². The van der Waals surface area contributed by atoms with Gasteiger partial charge in [-0.25, -0.2) is 0 Å². The van der Waals surface area contributed by atoms with Crippen LogP contribution >= 0.6 is 0 Å². The van der Waals surface area contributed by atoms with Gasteiger partial charge in [-0.15, -0.1) is 0 Å². The Labute approximate surface area is 128 Å². The molecule has 0 aliphatic carbocycles. The first-order valence-electron chi connectivity index (χ1n) is 6.84. The first kappa shape index (κ1) is 15.6. The van der Waals surface area contributed by atoms with Crippen molar-refractivity contribution >= 4 is 17.5 Å². The lowest BCUT2D eigenvalue weighted by molar-refractivity contribution is -0.160. The smallest absolute Gasteiger partial charge is 0.304 e. The lowest BCUT2D eigenvalue weighted by Crippen LogP contribution is -2.46. The molecule has 0 aliphatic rings. The van der Waals surface area contributed by atoms with Gasteiger partial charge in [0.2, 0.25) is 5.78 Å². The topological polar surface area (TPSA) is 60.4 Å². The van der Waals surface area contributed by atoms with Crippen LogP contribution in [0.2, 0.25) is 0 Å². The molecule has 22 heavy (non-hydrogen) atoms. The summed E-state index contributed by atoms with van der Waals surface area (Å²) in [5.41, 5.74) is -1.30. The predicted molar refractivity (Wildman–Crippen MR) is 81.3 cm³/mol. The van der Waals surface area contributed by atoms with Gasteiger partial charge in [0.15, 0.2) is 5.78 Å². The molecule has 2 aromatic carbocycles. The fourth-order valence-corrected chi connectivity index (χ4v) is 2.35. The fourth-order valence-electron chi connectivity index (χ4n) is 2.35. The lowest BCUT2D eigenvalue weighted by atomic mass is 9.82. The standard InChI is InChI=1S/C18H16O4/c1-13(19)18(22-14(2)20,16-11-7-4-8-12-16)17(21)15-9-5-3-6-10-15/h3-12H,1-2H3. The molecule has 4 nitrogen and oxygen atoms in total. The molecule has 2 rings (SSSR count). The minimum atomic E-state index is -1.95. The van der Waals surface area contributed by atoms with E-state index >= 15 is 0 Å². The zero-order valence-electron chi connectivity index (χ0n) is 12.4. The Hall–Kier alpha value is -2.75. The summed E-state index contributed by atoms with van der Waals surface area (Å²) in [4.78, 5) is 36.8. The molecule has 0 aliphatic heterocycles. The molecule has 0 heterocycles. The van der Waals surface area contributed by atoms with Gasteiger partial charge in [-0.1, -0.05) is 60.7 Å². The second-order valence-electron chi connectivity index (χ2n) is 4.89. The minimum Gasteiger partial charge on any atom is -0.438 e. The van der Waals surface area contributed by atoms with E-state index in [1.807, 2.05) is 0 Å². The first-order chi connectivity index (χ1) is 10.5. The van der Waals surface area contributed by atoms with Gasteiger partial charge in [0.1, 0.15) is 0 Å². The molecular weight excluding hydrogens is 280 g/mol. The van der Waals surface area contributed by atoms with Crippen LogP contribution in [0.1, 0.15) is 29.8 Å². The maximum absolute atomic E-state index is 12.9. The van der Waals surface area contributed by atoms with E-state index in [0.717, 1.165) is 0 Å². The number of carbonyl (C=O) groups is 3. The van der Waals surface area contributed by atoms with Crippen molar-refractivity contribution in [1.82, 2.24) is 0 Å². The van der Waals surface area contributed by atoms with E-state index < -0.39 is 23.1 Å². The number of rotatable bonds is 5. The number of hydrogen-bond acceptors (Lipinski definition) is 4. The monoisotopic (exact) mass is 296 g/mol. The highest BCUT2D eigenvalue weighted by molar-refractivity contribution is 6.18.